The molecule has 0 N–H and O–H groups in total. The molecular weight excluding hydrogens is 705 g/mol. The third-order valence-corrected chi connectivity index (χ3v) is 12.4. The van der Waals surface area contributed by atoms with E-state index >= 15 is 0 Å². The van der Waals surface area contributed by atoms with Crippen LogP contribution in [-0.4, -0.2) is 19.5 Å². The maximum absolute atomic E-state index is 5.35. The standard InChI is InChI=1S/C54H36N4/c1-54(2)46-29-27-35-14-7-8-17-41(35)49(46)45-28-26-38(32-47(45)54)42-19-11-20-44-43-18-9-10-21-48(43)58(50(42)44)53-56-51(39-24-22-33-12-3-5-15-36(33)30-39)55-52(57-53)40-25-23-34-13-4-6-16-37(34)31-40/h3-32H,1-2H3. The first kappa shape index (κ1) is 32.8. The van der Waals surface area contributed by atoms with E-state index in [2.05, 4.69) is 200 Å². The van der Waals surface area contributed by atoms with Crippen molar-refractivity contribution >= 4 is 54.1 Å². The molecule has 0 amide bonds. The summed E-state index contributed by atoms with van der Waals surface area (Å²) in [6, 6.07) is 65.5. The highest BCUT2D eigenvalue weighted by Crippen LogP contribution is 2.52. The fraction of sp³-hybridized carbons (Fsp3) is 0.0556. The van der Waals surface area contributed by atoms with Gasteiger partial charge in [-0.15, -0.1) is 0 Å². The third kappa shape index (κ3) is 4.85. The summed E-state index contributed by atoms with van der Waals surface area (Å²) < 4.78 is 2.26. The minimum absolute atomic E-state index is 0.164. The Morgan fingerprint density at radius 1 is 0.397 bits per heavy atom. The summed E-state index contributed by atoms with van der Waals surface area (Å²) in [4.78, 5) is 15.9. The van der Waals surface area contributed by atoms with Crippen molar-refractivity contribution in [2.24, 2.45) is 0 Å². The van der Waals surface area contributed by atoms with Crippen molar-refractivity contribution in [3.8, 4) is 51.0 Å². The summed E-state index contributed by atoms with van der Waals surface area (Å²) in [5.74, 6) is 1.85. The summed E-state index contributed by atoms with van der Waals surface area (Å²) in [5, 5.41) is 9.52. The van der Waals surface area contributed by atoms with Gasteiger partial charge in [-0.2, -0.15) is 9.97 Å². The van der Waals surface area contributed by atoms with Gasteiger partial charge in [0, 0.05) is 32.9 Å². The van der Waals surface area contributed by atoms with Gasteiger partial charge >= 0.3 is 0 Å². The summed E-state index contributed by atoms with van der Waals surface area (Å²) in [6.45, 7) is 4.72. The van der Waals surface area contributed by atoms with Crippen LogP contribution in [0.15, 0.2) is 182 Å². The molecule has 9 aromatic carbocycles. The Morgan fingerprint density at radius 3 is 1.67 bits per heavy atom. The van der Waals surface area contributed by atoms with E-state index in [1.54, 1.807) is 0 Å². The predicted molar refractivity (Wildman–Crippen MR) is 241 cm³/mol. The molecule has 0 unspecified atom stereocenters. The molecule has 0 saturated carbocycles. The number of para-hydroxylation sites is 2. The molecule has 0 atom stereocenters. The fourth-order valence-corrected chi connectivity index (χ4v) is 9.51. The largest absolute Gasteiger partial charge is 0.277 e. The van der Waals surface area contributed by atoms with E-state index < -0.39 is 0 Å². The van der Waals surface area contributed by atoms with Gasteiger partial charge in [0.1, 0.15) is 0 Å². The van der Waals surface area contributed by atoms with Gasteiger partial charge in [0.05, 0.1) is 11.0 Å². The molecule has 4 nitrogen and oxygen atoms in total. The van der Waals surface area contributed by atoms with Gasteiger partial charge in [-0.05, 0) is 84.4 Å². The first-order chi connectivity index (χ1) is 28.5. The lowest BCUT2D eigenvalue weighted by molar-refractivity contribution is 0.661. The molecule has 58 heavy (non-hydrogen) atoms. The second-order valence-corrected chi connectivity index (χ2v) is 16.1. The van der Waals surface area contributed by atoms with Gasteiger partial charge in [0.2, 0.25) is 5.95 Å². The van der Waals surface area contributed by atoms with Crippen molar-refractivity contribution in [1.29, 1.82) is 0 Å². The first-order valence-electron chi connectivity index (χ1n) is 19.9. The van der Waals surface area contributed by atoms with Crippen LogP contribution in [0.25, 0.3) is 105 Å². The molecule has 2 aromatic heterocycles. The van der Waals surface area contributed by atoms with Crippen molar-refractivity contribution in [3.05, 3.63) is 193 Å². The number of nitrogens with zero attached hydrogens (tertiary/aromatic N) is 4. The Labute approximate surface area is 335 Å². The van der Waals surface area contributed by atoms with Crippen molar-refractivity contribution in [1.82, 2.24) is 19.5 Å². The Bertz CT molecular complexity index is 3400. The molecule has 0 aliphatic heterocycles. The van der Waals surface area contributed by atoms with Gasteiger partial charge in [0.25, 0.3) is 0 Å². The van der Waals surface area contributed by atoms with E-state index in [0.717, 1.165) is 54.8 Å². The highest BCUT2D eigenvalue weighted by atomic mass is 15.2. The molecule has 4 heteroatoms. The molecule has 2 heterocycles. The van der Waals surface area contributed by atoms with Gasteiger partial charge in [-0.1, -0.05) is 172 Å². The number of fused-ring (bicyclic) bond motifs is 10. The Kier molecular flexibility index (Phi) is 6.94. The Balaban J connectivity index is 1.12. The van der Waals surface area contributed by atoms with E-state index in [1.165, 1.54) is 43.8 Å². The van der Waals surface area contributed by atoms with Crippen molar-refractivity contribution in [3.63, 3.8) is 0 Å². The molecule has 1 aliphatic carbocycles. The topological polar surface area (TPSA) is 43.6 Å². The fourth-order valence-electron chi connectivity index (χ4n) is 9.51. The van der Waals surface area contributed by atoms with Gasteiger partial charge in [-0.3, -0.25) is 4.57 Å². The zero-order valence-corrected chi connectivity index (χ0v) is 32.1. The number of hydrogen-bond donors (Lipinski definition) is 0. The highest BCUT2D eigenvalue weighted by Gasteiger charge is 2.37. The van der Waals surface area contributed by atoms with Crippen LogP contribution < -0.4 is 0 Å². The van der Waals surface area contributed by atoms with Crippen LogP contribution >= 0.6 is 0 Å². The molecule has 1 aliphatic rings. The predicted octanol–water partition coefficient (Wildman–Crippen LogP) is 13.7. The lowest BCUT2D eigenvalue weighted by Gasteiger charge is -2.22. The van der Waals surface area contributed by atoms with E-state index in [4.69, 9.17) is 15.0 Å². The molecule has 0 bridgehead atoms. The quantitative estimate of drug-likeness (QED) is 0.180. The maximum atomic E-state index is 5.35. The lowest BCUT2D eigenvalue weighted by atomic mass is 9.81. The lowest BCUT2D eigenvalue weighted by Crippen LogP contribution is -2.15. The third-order valence-electron chi connectivity index (χ3n) is 12.4. The summed E-state index contributed by atoms with van der Waals surface area (Å²) in [7, 11) is 0. The second-order valence-electron chi connectivity index (χ2n) is 16.1. The van der Waals surface area contributed by atoms with Crippen LogP contribution in [0.5, 0.6) is 0 Å². The minimum atomic E-state index is -0.164. The number of benzene rings is 9. The number of aromatic nitrogens is 4. The van der Waals surface area contributed by atoms with Crippen LogP contribution in [0, 0.1) is 0 Å². The molecule has 272 valence electrons. The average Bonchev–Trinajstić information content (AvgIpc) is 3.74. The average molecular weight is 741 g/mol. The monoisotopic (exact) mass is 740 g/mol. The molecule has 0 spiro atoms. The first-order valence-corrected chi connectivity index (χ1v) is 19.9. The number of hydrogen-bond acceptors (Lipinski definition) is 3. The number of rotatable bonds is 4. The van der Waals surface area contributed by atoms with Gasteiger partial charge < -0.3 is 0 Å². The Hall–Kier alpha value is -7.43. The van der Waals surface area contributed by atoms with Crippen molar-refractivity contribution < 1.29 is 0 Å². The van der Waals surface area contributed by atoms with E-state index in [1.807, 2.05) is 0 Å². The van der Waals surface area contributed by atoms with Crippen LogP contribution in [0.4, 0.5) is 0 Å². The Morgan fingerprint density at radius 2 is 0.966 bits per heavy atom. The summed E-state index contributed by atoms with van der Waals surface area (Å²) in [5.41, 5.74) is 11.5. The maximum Gasteiger partial charge on any atom is 0.238 e. The summed E-state index contributed by atoms with van der Waals surface area (Å²) >= 11 is 0. The van der Waals surface area contributed by atoms with Crippen LogP contribution in [0.3, 0.4) is 0 Å². The highest BCUT2D eigenvalue weighted by molar-refractivity contribution is 6.14. The second kappa shape index (κ2) is 12.3. The molecule has 0 radical (unpaired) electrons. The zero-order chi connectivity index (χ0) is 38.5. The van der Waals surface area contributed by atoms with Crippen molar-refractivity contribution in [2.75, 3.05) is 0 Å². The molecule has 11 aromatic rings. The van der Waals surface area contributed by atoms with Crippen LogP contribution in [0.1, 0.15) is 25.0 Å². The molecule has 0 saturated heterocycles. The van der Waals surface area contributed by atoms with Crippen LogP contribution in [0.2, 0.25) is 0 Å². The molecular formula is C54H36N4. The SMILES string of the molecule is CC1(C)c2cc(-c3cccc4c5ccccc5n(-c5nc(-c6ccc7ccccc7c6)nc(-c6ccc7ccccc7c6)n5)c34)ccc2-c2c1ccc1ccccc21. The molecule has 12 rings (SSSR count). The van der Waals surface area contributed by atoms with E-state index in [-0.39, 0.29) is 5.41 Å². The molecule has 0 fully saturated rings. The van der Waals surface area contributed by atoms with E-state index in [9.17, 15) is 0 Å². The van der Waals surface area contributed by atoms with Crippen LogP contribution in [-0.2, 0) is 5.41 Å². The van der Waals surface area contributed by atoms with E-state index in [0.29, 0.717) is 17.6 Å². The summed E-state index contributed by atoms with van der Waals surface area (Å²) in [6.07, 6.45) is 0. The normalized spacial score (nSPS) is 13.1. The van der Waals surface area contributed by atoms with Gasteiger partial charge in [0.15, 0.2) is 11.6 Å². The minimum Gasteiger partial charge on any atom is -0.277 e. The van der Waals surface area contributed by atoms with Crippen molar-refractivity contribution in [2.45, 2.75) is 19.3 Å². The van der Waals surface area contributed by atoms with Gasteiger partial charge in [-0.25, -0.2) is 4.98 Å². The zero-order valence-electron chi connectivity index (χ0n) is 32.1. The smallest absolute Gasteiger partial charge is 0.238 e.